The zero-order valence-electron chi connectivity index (χ0n) is 14.8. The maximum atomic E-state index is 6.23. The van der Waals surface area contributed by atoms with Crippen molar-refractivity contribution in [2.75, 3.05) is 13.7 Å². The molecule has 0 aliphatic rings. The SMILES string of the molecule is CCCCCNCc1c(Br)ccc(OC)c1OCc1ccccc1Cl. The zero-order valence-corrected chi connectivity index (χ0v) is 17.1. The standard InChI is InChI=1S/C20H25BrClNO2/c1-3-4-7-12-23-13-16-17(21)10-11-19(24-2)20(16)25-14-15-8-5-6-9-18(15)22/h5-6,8-11,23H,3-4,7,12-14H2,1-2H3. The van der Waals surface area contributed by atoms with Crippen LogP contribution in [-0.2, 0) is 13.2 Å². The van der Waals surface area contributed by atoms with Crippen molar-refractivity contribution >= 4 is 27.5 Å². The second-order valence-corrected chi connectivity index (χ2v) is 7.08. The number of rotatable bonds is 10. The first-order chi connectivity index (χ1) is 12.2. The largest absolute Gasteiger partial charge is 0.493 e. The smallest absolute Gasteiger partial charge is 0.167 e. The molecule has 3 nitrogen and oxygen atoms in total. The normalized spacial score (nSPS) is 10.7. The number of halogens is 2. The second-order valence-electron chi connectivity index (χ2n) is 5.82. The van der Waals surface area contributed by atoms with Gasteiger partial charge in [-0.1, -0.05) is 65.5 Å². The first-order valence-electron chi connectivity index (χ1n) is 8.59. The highest BCUT2D eigenvalue weighted by atomic mass is 79.9. The van der Waals surface area contributed by atoms with E-state index in [0.717, 1.165) is 40.2 Å². The quantitative estimate of drug-likeness (QED) is 0.475. The molecule has 2 aromatic rings. The van der Waals surface area contributed by atoms with Gasteiger partial charge < -0.3 is 14.8 Å². The molecule has 0 heterocycles. The highest BCUT2D eigenvalue weighted by Crippen LogP contribution is 2.37. The second kappa shape index (κ2) is 10.7. The maximum Gasteiger partial charge on any atom is 0.167 e. The van der Waals surface area contributed by atoms with E-state index in [1.54, 1.807) is 7.11 Å². The molecule has 25 heavy (non-hydrogen) atoms. The number of unbranched alkanes of at least 4 members (excludes halogenated alkanes) is 2. The van der Waals surface area contributed by atoms with Crippen LogP contribution in [0.3, 0.4) is 0 Å². The summed E-state index contributed by atoms with van der Waals surface area (Å²) >= 11 is 9.87. The minimum absolute atomic E-state index is 0.398. The number of hydrogen-bond acceptors (Lipinski definition) is 3. The van der Waals surface area contributed by atoms with Gasteiger partial charge in [0.05, 0.1) is 7.11 Å². The number of ether oxygens (including phenoxy) is 2. The average molecular weight is 427 g/mol. The van der Waals surface area contributed by atoms with Crippen molar-refractivity contribution in [2.45, 2.75) is 39.3 Å². The summed E-state index contributed by atoms with van der Waals surface area (Å²) in [6.45, 7) is 4.31. The van der Waals surface area contributed by atoms with E-state index >= 15 is 0 Å². The predicted octanol–water partition coefficient (Wildman–Crippen LogP) is 5.97. The van der Waals surface area contributed by atoms with Crippen LogP contribution in [0.15, 0.2) is 40.9 Å². The molecule has 2 rings (SSSR count). The van der Waals surface area contributed by atoms with Crippen molar-refractivity contribution < 1.29 is 9.47 Å². The Morgan fingerprint density at radius 2 is 1.92 bits per heavy atom. The van der Waals surface area contributed by atoms with E-state index in [1.165, 1.54) is 19.3 Å². The Labute approximate surface area is 163 Å². The Kier molecular flexibility index (Phi) is 8.59. The van der Waals surface area contributed by atoms with Gasteiger partial charge in [0.25, 0.3) is 0 Å². The van der Waals surface area contributed by atoms with Crippen LogP contribution in [0.5, 0.6) is 11.5 Å². The highest BCUT2D eigenvalue weighted by molar-refractivity contribution is 9.10. The van der Waals surface area contributed by atoms with Gasteiger partial charge in [0.2, 0.25) is 0 Å². The topological polar surface area (TPSA) is 30.5 Å². The Morgan fingerprint density at radius 1 is 1.12 bits per heavy atom. The van der Waals surface area contributed by atoms with Crippen LogP contribution in [-0.4, -0.2) is 13.7 Å². The van der Waals surface area contributed by atoms with E-state index in [2.05, 4.69) is 28.2 Å². The summed E-state index contributed by atoms with van der Waals surface area (Å²) in [5, 5.41) is 4.19. The van der Waals surface area contributed by atoms with Crippen molar-refractivity contribution in [1.29, 1.82) is 0 Å². The van der Waals surface area contributed by atoms with Crippen LogP contribution >= 0.6 is 27.5 Å². The molecule has 0 aliphatic heterocycles. The van der Waals surface area contributed by atoms with Crippen LogP contribution in [0.2, 0.25) is 5.02 Å². The van der Waals surface area contributed by atoms with E-state index in [9.17, 15) is 0 Å². The molecule has 0 aromatic heterocycles. The van der Waals surface area contributed by atoms with Gasteiger partial charge >= 0.3 is 0 Å². The fourth-order valence-electron chi connectivity index (χ4n) is 2.54. The van der Waals surface area contributed by atoms with Gasteiger partial charge in [0, 0.05) is 27.2 Å². The average Bonchev–Trinajstić information content (AvgIpc) is 2.62. The van der Waals surface area contributed by atoms with E-state index in [0.29, 0.717) is 11.6 Å². The number of benzene rings is 2. The molecule has 0 fully saturated rings. The Hall–Kier alpha value is -1.23. The molecule has 0 aliphatic carbocycles. The molecule has 0 amide bonds. The summed E-state index contributed by atoms with van der Waals surface area (Å²) < 4.78 is 12.6. The lowest BCUT2D eigenvalue weighted by molar-refractivity contribution is 0.280. The monoisotopic (exact) mass is 425 g/mol. The van der Waals surface area contributed by atoms with Crippen molar-refractivity contribution in [1.82, 2.24) is 5.32 Å². The molecular formula is C20H25BrClNO2. The molecule has 1 N–H and O–H groups in total. The molecule has 0 atom stereocenters. The van der Waals surface area contributed by atoms with Gasteiger partial charge in [-0.3, -0.25) is 0 Å². The highest BCUT2D eigenvalue weighted by Gasteiger charge is 2.15. The minimum Gasteiger partial charge on any atom is -0.493 e. The molecule has 136 valence electrons. The molecule has 0 unspecified atom stereocenters. The summed E-state index contributed by atoms with van der Waals surface area (Å²) in [5.74, 6) is 1.47. The van der Waals surface area contributed by atoms with Crippen LogP contribution in [0, 0.1) is 0 Å². The fraction of sp³-hybridized carbons (Fsp3) is 0.400. The lowest BCUT2D eigenvalue weighted by atomic mass is 10.1. The number of methoxy groups -OCH3 is 1. The molecule has 0 radical (unpaired) electrons. The van der Waals surface area contributed by atoms with E-state index in [4.69, 9.17) is 21.1 Å². The van der Waals surface area contributed by atoms with Gasteiger partial charge in [-0.2, -0.15) is 0 Å². The van der Waals surface area contributed by atoms with Crippen molar-refractivity contribution in [3.05, 3.63) is 57.0 Å². The summed E-state index contributed by atoms with van der Waals surface area (Å²) in [5.41, 5.74) is 2.01. The van der Waals surface area contributed by atoms with Gasteiger partial charge in [-0.25, -0.2) is 0 Å². The summed E-state index contributed by atoms with van der Waals surface area (Å²) in [7, 11) is 1.66. The summed E-state index contributed by atoms with van der Waals surface area (Å²) in [6, 6.07) is 11.6. The molecule has 0 saturated heterocycles. The fourth-order valence-corrected chi connectivity index (χ4v) is 3.19. The molecule has 0 bridgehead atoms. The third-order valence-corrected chi connectivity index (χ3v) is 5.09. The summed E-state index contributed by atoms with van der Waals surface area (Å²) in [6.07, 6.45) is 3.63. The van der Waals surface area contributed by atoms with Gasteiger partial charge in [-0.05, 0) is 31.2 Å². The van der Waals surface area contributed by atoms with Crippen LogP contribution in [0.1, 0.15) is 37.3 Å². The first kappa shape index (κ1) is 20.1. The zero-order chi connectivity index (χ0) is 18.1. The minimum atomic E-state index is 0.398. The Balaban J connectivity index is 2.13. The van der Waals surface area contributed by atoms with Gasteiger partial charge in [0.1, 0.15) is 6.61 Å². The molecule has 0 spiro atoms. The molecular weight excluding hydrogens is 402 g/mol. The lowest BCUT2D eigenvalue weighted by Crippen LogP contribution is -2.16. The number of hydrogen-bond donors (Lipinski definition) is 1. The first-order valence-corrected chi connectivity index (χ1v) is 9.76. The molecule has 0 saturated carbocycles. The maximum absolute atomic E-state index is 6.23. The van der Waals surface area contributed by atoms with Crippen LogP contribution < -0.4 is 14.8 Å². The molecule has 5 heteroatoms. The van der Waals surface area contributed by atoms with Crippen molar-refractivity contribution in [2.24, 2.45) is 0 Å². The third-order valence-electron chi connectivity index (χ3n) is 3.98. The molecule has 2 aromatic carbocycles. The predicted molar refractivity (Wildman–Crippen MR) is 108 cm³/mol. The third kappa shape index (κ3) is 5.91. The van der Waals surface area contributed by atoms with E-state index < -0.39 is 0 Å². The van der Waals surface area contributed by atoms with Crippen LogP contribution in [0.25, 0.3) is 0 Å². The summed E-state index contributed by atoms with van der Waals surface area (Å²) in [4.78, 5) is 0. The van der Waals surface area contributed by atoms with Crippen LogP contribution in [0.4, 0.5) is 0 Å². The van der Waals surface area contributed by atoms with E-state index in [1.807, 2.05) is 36.4 Å². The Bertz CT molecular complexity index is 679. The Morgan fingerprint density at radius 3 is 2.64 bits per heavy atom. The van der Waals surface area contributed by atoms with Crippen molar-refractivity contribution in [3.8, 4) is 11.5 Å². The number of nitrogens with one attached hydrogen (secondary N) is 1. The lowest BCUT2D eigenvalue weighted by Gasteiger charge is -2.17. The van der Waals surface area contributed by atoms with Gasteiger partial charge in [-0.15, -0.1) is 0 Å². The van der Waals surface area contributed by atoms with Crippen molar-refractivity contribution in [3.63, 3.8) is 0 Å². The van der Waals surface area contributed by atoms with Gasteiger partial charge in [0.15, 0.2) is 11.5 Å². The van der Waals surface area contributed by atoms with E-state index in [-0.39, 0.29) is 0 Å².